The summed E-state index contributed by atoms with van der Waals surface area (Å²) in [4.78, 5) is 0.450. The third-order valence-electron chi connectivity index (χ3n) is 4.00. The molecule has 0 saturated heterocycles. The number of nitrogens with one attached hydrogen (secondary N) is 1. The zero-order valence-electron chi connectivity index (χ0n) is 11.9. The van der Waals surface area contributed by atoms with Crippen molar-refractivity contribution in [3.05, 3.63) is 29.3 Å². The van der Waals surface area contributed by atoms with E-state index in [0.29, 0.717) is 23.6 Å². The molecule has 1 aliphatic carbocycles. The average molecular weight is 312 g/mol. The summed E-state index contributed by atoms with van der Waals surface area (Å²) in [6.45, 7) is 6.53. The summed E-state index contributed by atoms with van der Waals surface area (Å²) in [6.07, 6.45) is 1.06. The standard InChI is InChI=1S/C14H20N2O2S2/c1-9-4-5-10(13(15)19)6-12(9)20(17,18)16-8-11-7-14(11,2)3/h4-6,11,16H,7-8H2,1-3H3,(H2,15,19). The van der Waals surface area contributed by atoms with Gasteiger partial charge >= 0.3 is 0 Å². The van der Waals surface area contributed by atoms with Crippen LogP contribution in [-0.4, -0.2) is 20.0 Å². The Kier molecular flexibility index (Phi) is 3.92. The van der Waals surface area contributed by atoms with Gasteiger partial charge in [0.25, 0.3) is 0 Å². The lowest BCUT2D eigenvalue weighted by Gasteiger charge is -2.11. The van der Waals surface area contributed by atoms with Gasteiger partial charge in [-0.05, 0) is 36.3 Å². The number of aryl methyl sites for hydroxylation is 1. The SMILES string of the molecule is Cc1ccc(C(N)=S)cc1S(=O)(=O)NCC1CC1(C)C. The van der Waals surface area contributed by atoms with Gasteiger partial charge in [0.1, 0.15) is 4.99 Å². The minimum absolute atomic E-state index is 0.199. The van der Waals surface area contributed by atoms with Crippen molar-refractivity contribution in [2.45, 2.75) is 32.1 Å². The Morgan fingerprint density at radius 3 is 2.60 bits per heavy atom. The molecule has 0 spiro atoms. The molecule has 3 N–H and O–H groups in total. The quantitative estimate of drug-likeness (QED) is 0.815. The van der Waals surface area contributed by atoms with Gasteiger partial charge in [-0.15, -0.1) is 0 Å². The fourth-order valence-electron chi connectivity index (χ4n) is 2.26. The second-order valence-electron chi connectivity index (χ2n) is 6.09. The Hall–Kier alpha value is -0.980. The molecule has 0 aliphatic heterocycles. The highest BCUT2D eigenvalue weighted by Gasteiger charge is 2.45. The summed E-state index contributed by atoms with van der Waals surface area (Å²) in [5.41, 5.74) is 7.06. The maximum atomic E-state index is 12.4. The first kappa shape index (κ1) is 15.4. The number of sulfonamides is 1. The van der Waals surface area contributed by atoms with Crippen molar-refractivity contribution in [3.8, 4) is 0 Å². The van der Waals surface area contributed by atoms with Crippen LogP contribution in [0.4, 0.5) is 0 Å². The maximum Gasteiger partial charge on any atom is 0.240 e. The highest BCUT2D eigenvalue weighted by Crippen LogP contribution is 2.51. The molecule has 1 fully saturated rings. The Balaban J connectivity index is 2.20. The van der Waals surface area contributed by atoms with Crippen LogP contribution in [0.2, 0.25) is 0 Å². The van der Waals surface area contributed by atoms with Gasteiger partial charge in [-0.2, -0.15) is 0 Å². The van der Waals surface area contributed by atoms with Crippen LogP contribution in [0.15, 0.2) is 23.1 Å². The minimum Gasteiger partial charge on any atom is -0.389 e. The van der Waals surface area contributed by atoms with Crippen LogP contribution < -0.4 is 10.5 Å². The molecule has 4 nitrogen and oxygen atoms in total. The molecule has 0 bridgehead atoms. The topological polar surface area (TPSA) is 72.2 Å². The van der Waals surface area contributed by atoms with Crippen molar-refractivity contribution in [2.75, 3.05) is 6.54 Å². The third kappa shape index (κ3) is 3.19. The van der Waals surface area contributed by atoms with E-state index in [4.69, 9.17) is 18.0 Å². The Morgan fingerprint density at radius 2 is 2.10 bits per heavy atom. The largest absolute Gasteiger partial charge is 0.389 e. The average Bonchev–Trinajstić information content (AvgIpc) is 2.95. The van der Waals surface area contributed by atoms with Crippen molar-refractivity contribution in [1.82, 2.24) is 4.72 Å². The lowest BCUT2D eigenvalue weighted by molar-refractivity contribution is 0.537. The number of thiocarbonyl (C=S) groups is 1. The molecule has 1 atom stereocenters. The molecule has 1 aromatic carbocycles. The Morgan fingerprint density at radius 1 is 1.50 bits per heavy atom. The van der Waals surface area contributed by atoms with Crippen molar-refractivity contribution < 1.29 is 8.42 Å². The molecular weight excluding hydrogens is 292 g/mol. The fraction of sp³-hybridized carbons (Fsp3) is 0.500. The monoisotopic (exact) mass is 312 g/mol. The van der Waals surface area contributed by atoms with Gasteiger partial charge in [-0.1, -0.05) is 38.2 Å². The molecule has 1 aliphatic rings. The summed E-state index contributed by atoms with van der Waals surface area (Å²) < 4.78 is 27.4. The van der Waals surface area contributed by atoms with Gasteiger partial charge in [0, 0.05) is 12.1 Å². The van der Waals surface area contributed by atoms with Crippen molar-refractivity contribution >= 4 is 27.2 Å². The summed E-state index contributed by atoms with van der Waals surface area (Å²) >= 11 is 4.90. The Bertz CT molecular complexity index is 651. The molecular formula is C14H20N2O2S2. The smallest absolute Gasteiger partial charge is 0.240 e. The summed E-state index contributed by atoms with van der Waals surface area (Å²) in [5, 5.41) is 0. The second-order valence-corrected chi connectivity index (χ2v) is 8.26. The number of benzene rings is 1. The number of nitrogens with two attached hydrogens (primary N) is 1. The molecule has 0 radical (unpaired) electrons. The minimum atomic E-state index is -3.52. The van der Waals surface area contributed by atoms with E-state index in [9.17, 15) is 8.42 Å². The highest BCUT2D eigenvalue weighted by molar-refractivity contribution is 7.89. The number of rotatable bonds is 5. The molecule has 0 heterocycles. The molecule has 1 saturated carbocycles. The van der Waals surface area contributed by atoms with Crippen molar-refractivity contribution in [2.24, 2.45) is 17.1 Å². The predicted octanol–water partition coefficient (Wildman–Crippen LogP) is 1.95. The van der Waals surface area contributed by atoms with E-state index < -0.39 is 10.0 Å². The van der Waals surface area contributed by atoms with Crippen molar-refractivity contribution in [1.29, 1.82) is 0 Å². The van der Waals surface area contributed by atoms with E-state index in [1.165, 1.54) is 6.07 Å². The van der Waals surface area contributed by atoms with Crippen LogP contribution >= 0.6 is 12.2 Å². The molecule has 0 amide bonds. The number of hydrogen-bond acceptors (Lipinski definition) is 3. The molecule has 6 heteroatoms. The van der Waals surface area contributed by atoms with E-state index in [0.717, 1.165) is 6.42 Å². The van der Waals surface area contributed by atoms with Crippen LogP contribution in [-0.2, 0) is 10.0 Å². The highest BCUT2D eigenvalue weighted by atomic mass is 32.2. The molecule has 1 aromatic rings. The van der Waals surface area contributed by atoms with Gasteiger partial charge in [0.2, 0.25) is 10.0 Å². The summed E-state index contributed by atoms with van der Waals surface area (Å²) in [6, 6.07) is 5.00. The van der Waals surface area contributed by atoms with Crippen LogP contribution in [0, 0.1) is 18.3 Å². The van der Waals surface area contributed by atoms with Gasteiger partial charge in [-0.3, -0.25) is 0 Å². The first-order valence-electron chi connectivity index (χ1n) is 6.53. The summed E-state index contributed by atoms with van der Waals surface area (Å²) in [5.74, 6) is 0.413. The number of hydrogen-bond donors (Lipinski definition) is 2. The molecule has 2 rings (SSSR count). The lowest BCUT2D eigenvalue weighted by atomic mass is 10.1. The van der Waals surface area contributed by atoms with Gasteiger partial charge in [0.05, 0.1) is 4.90 Å². The molecule has 20 heavy (non-hydrogen) atoms. The van der Waals surface area contributed by atoms with Gasteiger partial charge in [0.15, 0.2) is 0 Å². The lowest BCUT2D eigenvalue weighted by Crippen LogP contribution is -2.27. The second kappa shape index (κ2) is 5.09. The van der Waals surface area contributed by atoms with E-state index in [1.807, 2.05) is 0 Å². The van der Waals surface area contributed by atoms with Gasteiger partial charge in [-0.25, -0.2) is 13.1 Å². The fourth-order valence-corrected chi connectivity index (χ4v) is 3.73. The summed E-state index contributed by atoms with van der Waals surface area (Å²) in [7, 11) is -3.52. The predicted molar refractivity (Wildman–Crippen MR) is 84.1 cm³/mol. The maximum absolute atomic E-state index is 12.4. The zero-order chi connectivity index (χ0) is 15.1. The van der Waals surface area contributed by atoms with E-state index in [1.54, 1.807) is 19.1 Å². The first-order valence-corrected chi connectivity index (χ1v) is 8.43. The van der Waals surface area contributed by atoms with E-state index >= 15 is 0 Å². The van der Waals surface area contributed by atoms with Gasteiger partial charge < -0.3 is 5.73 Å². The van der Waals surface area contributed by atoms with Crippen molar-refractivity contribution in [3.63, 3.8) is 0 Å². The Labute approximate surface area is 125 Å². The van der Waals surface area contributed by atoms with Crippen LogP contribution in [0.3, 0.4) is 0 Å². The van der Waals surface area contributed by atoms with E-state index in [2.05, 4.69) is 18.6 Å². The van der Waals surface area contributed by atoms with Crippen LogP contribution in [0.5, 0.6) is 0 Å². The van der Waals surface area contributed by atoms with E-state index in [-0.39, 0.29) is 15.3 Å². The molecule has 0 aromatic heterocycles. The first-order chi connectivity index (χ1) is 9.13. The molecule has 1 unspecified atom stereocenters. The third-order valence-corrected chi connectivity index (χ3v) is 5.80. The molecule has 110 valence electrons. The zero-order valence-corrected chi connectivity index (χ0v) is 13.6. The van der Waals surface area contributed by atoms with Crippen LogP contribution in [0.1, 0.15) is 31.4 Å². The normalized spacial score (nSPS) is 20.6. The van der Waals surface area contributed by atoms with Crippen LogP contribution in [0.25, 0.3) is 0 Å².